The van der Waals surface area contributed by atoms with Gasteiger partial charge in [-0.3, -0.25) is 4.98 Å². The van der Waals surface area contributed by atoms with Crippen molar-refractivity contribution in [2.45, 2.75) is 19.3 Å². The van der Waals surface area contributed by atoms with Crippen LogP contribution >= 0.6 is 0 Å². The van der Waals surface area contributed by atoms with Crippen LogP contribution in [0, 0.1) is 6.07 Å². The summed E-state index contributed by atoms with van der Waals surface area (Å²) in [6.07, 6.45) is 3.90. The normalized spacial score (nSPS) is 13.6. The summed E-state index contributed by atoms with van der Waals surface area (Å²) in [5.41, 5.74) is 7.55. The van der Waals surface area contributed by atoms with Gasteiger partial charge in [-0.05, 0) is 22.8 Å². The summed E-state index contributed by atoms with van der Waals surface area (Å²) in [5.74, 6) is 0.918. The van der Waals surface area contributed by atoms with Crippen molar-refractivity contribution in [3.05, 3.63) is 96.3 Å². The number of rotatable bonds is 2. The van der Waals surface area contributed by atoms with Crippen LogP contribution in [0.25, 0.3) is 28.2 Å². The van der Waals surface area contributed by atoms with Gasteiger partial charge >= 0.3 is 0 Å². The third-order valence-corrected chi connectivity index (χ3v) is 5.44. The summed E-state index contributed by atoms with van der Waals surface area (Å²) in [7, 11) is 0. The minimum Gasteiger partial charge on any atom is -0.339 e. The van der Waals surface area contributed by atoms with Crippen molar-refractivity contribution >= 4 is 0 Å². The quantitative estimate of drug-likeness (QED) is 0.309. The molecule has 0 bridgehead atoms. The zero-order valence-corrected chi connectivity index (χ0v) is 17.6. The molecule has 0 saturated carbocycles. The number of imidazole rings is 1. The molecule has 0 atom stereocenters. The number of aromatic nitrogens is 2. The average Bonchev–Trinajstić information content (AvgIpc) is 3.25. The van der Waals surface area contributed by atoms with Crippen LogP contribution in [0.4, 0.5) is 0 Å². The van der Waals surface area contributed by atoms with Crippen LogP contribution in [-0.4, -0.2) is 9.55 Å². The fraction of sp³-hybridized carbons (Fsp3) is 0.125. The largest absolute Gasteiger partial charge is 0.339 e. The molecule has 0 unspecified atom stereocenters. The third kappa shape index (κ3) is 2.62. The minimum atomic E-state index is 0. The Morgan fingerprint density at radius 1 is 0.889 bits per heavy atom. The molecule has 4 aromatic rings. The molecule has 1 aliphatic rings. The van der Waals surface area contributed by atoms with E-state index in [1.165, 1.54) is 27.9 Å². The molecule has 0 fully saturated rings. The van der Waals surface area contributed by atoms with Crippen LogP contribution in [0.5, 0.6) is 0 Å². The number of nitrogens with zero attached hydrogens (tertiary/aromatic N) is 2. The predicted octanol–water partition coefficient (Wildman–Crippen LogP) is 5.64. The Kier molecular flexibility index (Phi) is 4.38. The van der Waals surface area contributed by atoms with Gasteiger partial charge in [-0.15, -0.1) is 35.9 Å². The van der Waals surface area contributed by atoms with Gasteiger partial charge in [0.1, 0.15) is 0 Å². The first-order chi connectivity index (χ1) is 12.7. The maximum Gasteiger partial charge on any atom is 0.0602 e. The molecule has 3 aromatic carbocycles. The predicted molar refractivity (Wildman–Crippen MR) is 105 cm³/mol. The summed E-state index contributed by atoms with van der Waals surface area (Å²) in [6, 6.07) is 26.6. The summed E-state index contributed by atoms with van der Waals surface area (Å²) in [5, 5.41) is 0. The number of fused-ring (bicyclic) bond motifs is 3. The van der Waals surface area contributed by atoms with Crippen LogP contribution in [0.15, 0.2) is 79.1 Å². The molecular formula is C24H19IrN2-. The molecule has 0 saturated heterocycles. The zero-order chi connectivity index (χ0) is 17.7. The zero-order valence-electron chi connectivity index (χ0n) is 15.2. The van der Waals surface area contributed by atoms with Crippen molar-refractivity contribution in [2.75, 3.05) is 0 Å². The maximum absolute atomic E-state index is 4.61. The Hall–Kier alpha value is -2.48. The SMILES string of the molecule is CC1(C)c2ccccc2-c2c(-n3ccnc3-c3[c-]cccc3)cccc21.[Ir]. The Balaban J connectivity index is 0.00000180. The molecule has 1 aliphatic carbocycles. The molecule has 27 heavy (non-hydrogen) atoms. The van der Waals surface area contributed by atoms with Crippen molar-refractivity contribution in [2.24, 2.45) is 0 Å². The second-order valence-electron chi connectivity index (χ2n) is 7.27. The molecule has 5 rings (SSSR count). The van der Waals surface area contributed by atoms with Crippen LogP contribution < -0.4 is 0 Å². The van der Waals surface area contributed by atoms with E-state index in [9.17, 15) is 0 Å². The maximum atomic E-state index is 4.61. The van der Waals surface area contributed by atoms with Gasteiger partial charge in [-0.25, -0.2) is 0 Å². The van der Waals surface area contributed by atoms with Crippen molar-refractivity contribution in [1.82, 2.24) is 9.55 Å². The van der Waals surface area contributed by atoms with Gasteiger partial charge in [0.2, 0.25) is 0 Å². The van der Waals surface area contributed by atoms with Crippen molar-refractivity contribution < 1.29 is 20.1 Å². The minimum absolute atomic E-state index is 0. The number of hydrogen-bond donors (Lipinski definition) is 0. The van der Waals surface area contributed by atoms with Gasteiger partial charge in [0, 0.05) is 49.2 Å². The molecule has 0 spiro atoms. The fourth-order valence-corrected chi connectivity index (χ4v) is 4.17. The van der Waals surface area contributed by atoms with E-state index in [4.69, 9.17) is 0 Å². The number of hydrogen-bond acceptors (Lipinski definition) is 1. The molecular weight excluding hydrogens is 508 g/mol. The second-order valence-corrected chi connectivity index (χ2v) is 7.27. The Bertz CT molecular complexity index is 1110. The molecule has 0 aliphatic heterocycles. The summed E-state index contributed by atoms with van der Waals surface area (Å²) < 4.78 is 2.18. The van der Waals surface area contributed by atoms with E-state index in [0.29, 0.717) is 0 Å². The van der Waals surface area contributed by atoms with Gasteiger partial charge < -0.3 is 4.57 Å². The smallest absolute Gasteiger partial charge is 0.0602 e. The monoisotopic (exact) mass is 528 g/mol. The van der Waals surface area contributed by atoms with Crippen LogP contribution in [0.2, 0.25) is 0 Å². The Morgan fingerprint density at radius 2 is 1.67 bits per heavy atom. The molecule has 1 radical (unpaired) electrons. The summed E-state index contributed by atoms with van der Waals surface area (Å²) in [4.78, 5) is 4.61. The van der Waals surface area contributed by atoms with E-state index in [0.717, 1.165) is 11.4 Å². The third-order valence-electron chi connectivity index (χ3n) is 5.44. The van der Waals surface area contributed by atoms with E-state index in [-0.39, 0.29) is 25.5 Å². The Labute approximate surface area is 173 Å². The van der Waals surface area contributed by atoms with Crippen molar-refractivity contribution in [3.63, 3.8) is 0 Å². The van der Waals surface area contributed by atoms with Crippen LogP contribution in [-0.2, 0) is 25.5 Å². The second kappa shape index (κ2) is 6.60. The standard InChI is InChI=1S/C24H19N2.Ir/c1-24(2)19-12-7-6-11-18(19)22-20(24)13-8-14-21(22)26-16-15-25-23(26)17-9-4-3-5-10-17;/h3-9,11-16H,1-2H3;/q-1;. The van der Waals surface area contributed by atoms with Gasteiger partial charge in [-0.2, -0.15) is 0 Å². The summed E-state index contributed by atoms with van der Waals surface area (Å²) >= 11 is 0. The van der Waals surface area contributed by atoms with Gasteiger partial charge in [0.15, 0.2) is 0 Å². The Morgan fingerprint density at radius 3 is 2.48 bits per heavy atom. The van der Waals surface area contributed by atoms with Crippen molar-refractivity contribution in [3.8, 4) is 28.2 Å². The fourth-order valence-electron chi connectivity index (χ4n) is 4.17. The molecule has 0 amide bonds. The molecule has 3 heteroatoms. The summed E-state index contributed by atoms with van der Waals surface area (Å²) in [6.45, 7) is 4.61. The van der Waals surface area contributed by atoms with E-state index in [1.807, 2.05) is 30.6 Å². The molecule has 2 nitrogen and oxygen atoms in total. The van der Waals surface area contributed by atoms with Gasteiger partial charge in [0.25, 0.3) is 0 Å². The number of benzene rings is 3. The topological polar surface area (TPSA) is 17.8 Å². The first-order valence-corrected chi connectivity index (χ1v) is 8.92. The van der Waals surface area contributed by atoms with Crippen LogP contribution in [0.1, 0.15) is 25.0 Å². The average molecular weight is 528 g/mol. The van der Waals surface area contributed by atoms with Gasteiger partial charge in [-0.1, -0.05) is 50.2 Å². The van der Waals surface area contributed by atoms with Crippen molar-refractivity contribution in [1.29, 1.82) is 0 Å². The van der Waals surface area contributed by atoms with E-state index in [2.05, 4.69) is 78.0 Å². The molecule has 0 N–H and O–H groups in total. The van der Waals surface area contributed by atoms with Gasteiger partial charge in [0.05, 0.1) is 5.82 Å². The van der Waals surface area contributed by atoms with E-state index < -0.39 is 0 Å². The first-order valence-electron chi connectivity index (χ1n) is 8.92. The first kappa shape index (κ1) is 17.9. The van der Waals surface area contributed by atoms with Crippen LogP contribution in [0.3, 0.4) is 0 Å². The van der Waals surface area contributed by atoms with E-state index >= 15 is 0 Å². The van der Waals surface area contributed by atoms with E-state index in [1.54, 1.807) is 0 Å². The molecule has 135 valence electrons. The molecule has 1 aromatic heterocycles. The molecule has 1 heterocycles.